The minimum absolute atomic E-state index is 0.0810. The highest BCUT2D eigenvalue weighted by molar-refractivity contribution is 8.00. The molecule has 0 aliphatic heterocycles. The van der Waals surface area contributed by atoms with Crippen LogP contribution in [0, 0.1) is 11.3 Å². The van der Waals surface area contributed by atoms with Gasteiger partial charge in [-0.2, -0.15) is 18.4 Å². The molecule has 1 rings (SSSR count). The minimum atomic E-state index is -4.59. The Morgan fingerprint density at radius 1 is 1.50 bits per heavy atom. The van der Waals surface area contributed by atoms with Gasteiger partial charge < -0.3 is 9.84 Å². The summed E-state index contributed by atoms with van der Waals surface area (Å²) in [5, 5.41) is 18.4. The van der Waals surface area contributed by atoms with Gasteiger partial charge in [-0.15, -0.1) is 0 Å². The van der Waals surface area contributed by atoms with Crippen molar-refractivity contribution < 1.29 is 27.8 Å². The maximum atomic E-state index is 12.5. The lowest BCUT2D eigenvalue weighted by Crippen LogP contribution is -2.10. The van der Waals surface area contributed by atoms with E-state index in [0.29, 0.717) is 0 Å². The fourth-order valence-corrected chi connectivity index (χ4v) is 2.18. The molecule has 0 amide bonds. The number of esters is 1. The summed E-state index contributed by atoms with van der Waals surface area (Å²) >= 11 is -0.488. The first-order valence-electron chi connectivity index (χ1n) is 5.44. The fraction of sp³-hybridized carbons (Fsp3) is 0.333. The molecule has 0 atom stereocenters. The Morgan fingerprint density at radius 3 is 2.65 bits per heavy atom. The van der Waals surface area contributed by atoms with Gasteiger partial charge in [0.25, 0.3) is 0 Å². The zero-order valence-corrected chi connectivity index (χ0v) is 11.1. The van der Waals surface area contributed by atoms with Gasteiger partial charge in [0.15, 0.2) is 0 Å². The summed E-state index contributed by atoms with van der Waals surface area (Å²) in [6, 6.07) is 3.63. The molecular weight excluding hydrogens is 295 g/mol. The van der Waals surface area contributed by atoms with Gasteiger partial charge in [0.05, 0.1) is 24.7 Å². The smallest absolute Gasteiger partial charge is 0.446 e. The van der Waals surface area contributed by atoms with Gasteiger partial charge in [0.1, 0.15) is 5.75 Å². The van der Waals surface area contributed by atoms with Gasteiger partial charge in [0.2, 0.25) is 0 Å². The quantitative estimate of drug-likeness (QED) is 0.684. The van der Waals surface area contributed by atoms with Crippen molar-refractivity contribution in [1.29, 1.82) is 5.26 Å². The lowest BCUT2D eigenvalue weighted by molar-refractivity contribution is -0.142. The molecule has 0 spiro atoms. The van der Waals surface area contributed by atoms with Crippen molar-refractivity contribution >= 4 is 17.7 Å². The standard InChI is InChI=1S/C12H10F3NO3S/c1-2-19-11(18)5-8-9(17)3-7(6-16)4-10(8)20-12(13,14)15/h3-4,17H,2,5H2,1H3. The molecule has 0 aliphatic rings. The number of nitriles is 1. The summed E-state index contributed by atoms with van der Waals surface area (Å²) in [4.78, 5) is 11.0. The molecule has 1 N–H and O–H groups in total. The van der Waals surface area contributed by atoms with Crippen molar-refractivity contribution in [3.63, 3.8) is 0 Å². The number of thioether (sulfide) groups is 1. The molecule has 0 saturated heterocycles. The van der Waals surface area contributed by atoms with Gasteiger partial charge in [0, 0.05) is 10.5 Å². The predicted molar refractivity (Wildman–Crippen MR) is 65.1 cm³/mol. The van der Waals surface area contributed by atoms with E-state index in [9.17, 15) is 23.1 Å². The first kappa shape index (κ1) is 16.2. The van der Waals surface area contributed by atoms with Crippen LogP contribution >= 0.6 is 11.8 Å². The second-order valence-electron chi connectivity index (χ2n) is 3.61. The number of halogens is 3. The van der Waals surface area contributed by atoms with Crippen LogP contribution in [0.3, 0.4) is 0 Å². The Hall–Kier alpha value is -1.88. The maximum absolute atomic E-state index is 12.5. The van der Waals surface area contributed by atoms with E-state index in [2.05, 4.69) is 4.74 Å². The zero-order chi connectivity index (χ0) is 15.3. The third-order valence-electron chi connectivity index (χ3n) is 2.17. The van der Waals surface area contributed by atoms with E-state index in [4.69, 9.17) is 5.26 Å². The number of ether oxygens (including phenoxy) is 1. The number of hydrogen-bond donors (Lipinski definition) is 1. The number of nitrogens with zero attached hydrogens (tertiary/aromatic N) is 1. The first-order valence-corrected chi connectivity index (χ1v) is 6.25. The molecule has 8 heteroatoms. The topological polar surface area (TPSA) is 70.3 Å². The van der Waals surface area contributed by atoms with Crippen molar-refractivity contribution in [1.82, 2.24) is 0 Å². The molecule has 1 aromatic rings. The van der Waals surface area contributed by atoms with Crippen LogP contribution in [-0.2, 0) is 16.0 Å². The molecule has 20 heavy (non-hydrogen) atoms. The number of hydrogen-bond acceptors (Lipinski definition) is 5. The van der Waals surface area contributed by atoms with Crippen molar-refractivity contribution in [3.8, 4) is 11.8 Å². The molecule has 0 unspecified atom stereocenters. The third kappa shape index (κ3) is 4.66. The van der Waals surface area contributed by atoms with Gasteiger partial charge in [-0.3, -0.25) is 4.79 Å². The van der Waals surface area contributed by atoms with Crippen LogP contribution in [0.4, 0.5) is 13.2 Å². The summed E-state index contributed by atoms with van der Waals surface area (Å²) in [7, 11) is 0. The Bertz CT molecular complexity index is 552. The number of aromatic hydroxyl groups is 1. The lowest BCUT2D eigenvalue weighted by Gasteiger charge is -2.13. The van der Waals surface area contributed by atoms with E-state index >= 15 is 0 Å². The largest absolute Gasteiger partial charge is 0.508 e. The van der Waals surface area contributed by atoms with Crippen LogP contribution in [0.2, 0.25) is 0 Å². The van der Waals surface area contributed by atoms with E-state index in [0.717, 1.165) is 12.1 Å². The predicted octanol–water partition coefficient (Wildman–Crippen LogP) is 2.98. The molecular formula is C12H10F3NO3S. The normalized spacial score (nSPS) is 10.9. The number of alkyl halides is 3. The molecule has 4 nitrogen and oxygen atoms in total. The molecule has 0 saturated carbocycles. The lowest BCUT2D eigenvalue weighted by atomic mass is 10.1. The summed E-state index contributed by atoms with van der Waals surface area (Å²) < 4.78 is 42.0. The van der Waals surface area contributed by atoms with Gasteiger partial charge in [-0.1, -0.05) is 0 Å². The van der Waals surface area contributed by atoms with Gasteiger partial charge in [-0.05, 0) is 30.8 Å². The second-order valence-corrected chi connectivity index (χ2v) is 4.72. The minimum Gasteiger partial charge on any atom is -0.508 e. The summed E-state index contributed by atoms with van der Waals surface area (Å²) in [5.74, 6) is -1.29. The van der Waals surface area contributed by atoms with Gasteiger partial charge >= 0.3 is 11.5 Å². The zero-order valence-electron chi connectivity index (χ0n) is 10.3. The molecule has 0 bridgehead atoms. The highest BCUT2D eigenvalue weighted by atomic mass is 32.2. The van der Waals surface area contributed by atoms with Crippen LogP contribution in [0.25, 0.3) is 0 Å². The van der Waals surface area contributed by atoms with Crippen LogP contribution in [0.5, 0.6) is 5.75 Å². The Morgan fingerprint density at radius 2 is 2.15 bits per heavy atom. The fourth-order valence-electron chi connectivity index (χ4n) is 1.44. The summed E-state index contributed by atoms with van der Waals surface area (Å²) in [5.41, 5.74) is -4.92. The van der Waals surface area contributed by atoms with Gasteiger partial charge in [-0.25, -0.2) is 0 Å². The summed E-state index contributed by atoms with van der Waals surface area (Å²) in [6.07, 6.45) is -0.496. The van der Waals surface area contributed by atoms with E-state index < -0.39 is 35.4 Å². The van der Waals surface area contributed by atoms with Crippen LogP contribution < -0.4 is 0 Å². The number of phenolic OH excluding ortho intramolecular Hbond substituents is 1. The average molecular weight is 305 g/mol. The molecule has 0 heterocycles. The maximum Gasteiger partial charge on any atom is 0.446 e. The number of benzene rings is 1. The molecule has 0 aliphatic carbocycles. The number of carbonyl (C=O) groups excluding carboxylic acids is 1. The number of rotatable bonds is 4. The monoisotopic (exact) mass is 305 g/mol. The highest BCUT2D eigenvalue weighted by Crippen LogP contribution is 2.41. The van der Waals surface area contributed by atoms with Crippen LogP contribution in [0.15, 0.2) is 17.0 Å². The first-order chi connectivity index (χ1) is 9.26. The van der Waals surface area contributed by atoms with Crippen LogP contribution in [-0.4, -0.2) is 23.2 Å². The Balaban J connectivity index is 3.19. The van der Waals surface area contributed by atoms with E-state index in [1.54, 1.807) is 13.0 Å². The molecule has 0 fully saturated rings. The summed E-state index contributed by atoms with van der Waals surface area (Å²) in [6.45, 7) is 1.64. The number of phenols is 1. The second kappa shape index (κ2) is 6.52. The van der Waals surface area contributed by atoms with E-state index in [1.165, 1.54) is 0 Å². The van der Waals surface area contributed by atoms with Crippen LogP contribution in [0.1, 0.15) is 18.1 Å². The third-order valence-corrected chi connectivity index (χ3v) is 2.98. The van der Waals surface area contributed by atoms with Crippen molar-refractivity contribution in [2.75, 3.05) is 6.61 Å². The molecule has 0 radical (unpaired) electrons. The Labute approximate surface area is 117 Å². The van der Waals surface area contributed by atoms with Crippen molar-refractivity contribution in [2.24, 2.45) is 0 Å². The SMILES string of the molecule is CCOC(=O)Cc1c(O)cc(C#N)cc1SC(F)(F)F. The highest BCUT2D eigenvalue weighted by Gasteiger charge is 2.31. The number of carbonyl (C=O) groups is 1. The van der Waals surface area contributed by atoms with Crippen molar-refractivity contribution in [2.45, 2.75) is 23.7 Å². The van der Waals surface area contributed by atoms with Crippen molar-refractivity contribution in [3.05, 3.63) is 23.3 Å². The molecule has 0 aromatic heterocycles. The molecule has 1 aromatic carbocycles. The van der Waals surface area contributed by atoms with E-state index in [-0.39, 0.29) is 22.6 Å². The Kier molecular flexibility index (Phi) is 5.27. The molecule has 108 valence electrons. The van der Waals surface area contributed by atoms with E-state index in [1.807, 2.05) is 0 Å². The average Bonchev–Trinajstić information content (AvgIpc) is 2.31.